The average Bonchev–Trinajstić information content (AvgIpc) is 2.87. The number of rotatable bonds is 5. The molecule has 8 nitrogen and oxygen atoms in total. The van der Waals surface area contributed by atoms with E-state index in [1.807, 2.05) is 0 Å². The molecule has 2 rings (SSSR count). The van der Waals surface area contributed by atoms with E-state index in [0.29, 0.717) is 11.3 Å². The Balaban J connectivity index is 2.11. The topological polar surface area (TPSA) is 130 Å². The normalized spacial score (nSPS) is 18.5. The van der Waals surface area contributed by atoms with Crippen molar-refractivity contribution in [2.45, 2.75) is 11.7 Å². The van der Waals surface area contributed by atoms with Crippen LogP contribution in [0.1, 0.15) is 16.8 Å². The highest BCUT2D eigenvalue weighted by atomic mass is 32.2. The summed E-state index contributed by atoms with van der Waals surface area (Å²) in [5.74, 6) is -0.660. The molecule has 1 unspecified atom stereocenters. The first-order chi connectivity index (χ1) is 10.3. The SMILES string of the molecule is NS(=O)(=O)C1CC(=O)N(c2ccc(C(=O)NCCO)cc2)C1. The molecule has 1 aliphatic heterocycles. The van der Waals surface area contributed by atoms with E-state index < -0.39 is 15.3 Å². The van der Waals surface area contributed by atoms with E-state index in [2.05, 4.69) is 5.32 Å². The lowest BCUT2D eigenvalue weighted by Gasteiger charge is -2.16. The van der Waals surface area contributed by atoms with Crippen LogP contribution in [0.3, 0.4) is 0 Å². The van der Waals surface area contributed by atoms with Crippen LogP contribution < -0.4 is 15.4 Å². The van der Waals surface area contributed by atoms with Gasteiger partial charge in [-0.15, -0.1) is 0 Å². The number of amides is 2. The summed E-state index contributed by atoms with van der Waals surface area (Å²) in [7, 11) is -3.76. The van der Waals surface area contributed by atoms with Gasteiger partial charge in [-0.05, 0) is 24.3 Å². The molecule has 2 amide bonds. The smallest absolute Gasteiger partial charge is 0.251 e. The molecule has 1 aliphatic rings. The second kappa shape index (κ2) is 6.42. The van der Waals surface area contributed by atoms with Crippen LogP contribution in [0.2, 0.25) is 0 Å². The molecule has 1 atom stereocenters. The Morgan fingerprint density at radius 3 is 2.50 bits per heavy atom. The highest BCUT2D eigenvalue weighted by molar-refractivity contribution is 7.89. The number of nitrogens with two attached hydrogens (primary N) is 1. The van der Waals surface area contributed by atoms with Crippen molar-refractivity contribution >= 4 is 27.5 Å². The van der Waals surface area contributed by atoms with Gasteiger partial charge >= 0.3 is 0 Å². The van der Waals surface area contributed by atoms with Gasteiger partial charge in [-0.3, -0.25) is 9.59 Å². The molecule has 1 heterocycles. The number of sulfonamides is 1. The van der Waals surface area contributed by atoms with Gasteiger partial charge in [-0.1, -0.05) is 0 Å². The molecule has 1 saturated heterocycles. The van der Waals surface area contributed by atoms with Crippen molar-refractivity contribution in [1.82, 2.24) is 5.32 Å². The molecule has 1 fully saturated rings. The molecule has 0 aliphatic carbocycles. The minimum Gasteiger partial charge on any atom is -0.395 e. The van der Waals surface area contributed by atoms with Gasteiger partial charge in [0.25, 0.3) is 5.91 Å². The van der Waals surface area contributed by atoms with Crippen LogP contribution >= 0.6 is 0 Å². The van der Waals surface area contributed by atoms with Crippen molar-refractivity contribution in [1.29, 1.82) is 0 Å². The number of aliphatic hydroxyl groups is 1. The summed E-state index contributed by atoms with van der Waals surface area (Å²) in [4.78, 5) is 24.9. The van der Waals surface area contributed by atoms with E-state index in [1.54, 1.807) is 12.1 Å². The molecule has 0 saturated carbocycles. The molecule has 9 heteroatoms. The third kappa shape index (κ3) is 3.62. The molecular formula is C13H17N3O5S. The number of nitrogens with zero attached hydrogens (tertiary/aromatic N) is 1. The summed E-state index contributed by atoms with van der Waals surface area (Å²) in [6.07, 6.45) is -0.141. The quantitative estimate of drug-likeness (QED) is 0.625. The molecule has 0 radical (unpaired) electrons. The van der Waals surface area contributed by atoms with Gasteiger partial charge in [0.1, 0.15) is 5.25 Å². The zero-order valence-corrected chi connectivity index (χ0v) is 12.5. The van der Waals surface area contributed by atoms with E-state index in [0.717, 1.165) is 0 Å². The lowest BCUT2D eigenvalue weighted by molar-refractivity contribution is -0.117. The summed E-state index contributed by atoms with van der Waals surface area (Å²) in [5, 5.41) is 15.3. The Labute approximate surface area is 128 Å². The van der Waals surface area contributed by atoms with Gasteiger partial charge in [0.2, 0.25) is 15.9 Å². The zero-order chi connectivity index (χ0) is 16.3. The highest BCUT2D eigenvalue weighted by Crippen LogP contribution is 2.24. The van der Waals surface area contributed by atoms with Crippen LogP contribution in [0, 0.1) is 0 Å². The monoisotopic (exact) mass is 327 g/mol. The molecule has 1 aromatic carbocycles. The number of aliphatic hydroxyl groups excluding tert-OH is 1. The zero-order valence-electron chi connectivity index (χ0n) is 11.7. The lowest BCUT2D eigenvalue weighted by Crippen LogP contribution is -2.32. The van der Waals surface area contributed by atoms with Gasteiger partial charge in [-0.25, -0.2) is 13.6 Å². The van der Waals surface area contributed by atoms with Gasteiger partial charge in [0.05, 0.1) is 6.61 Å². The van der Waals surface area contributed by atoms with Crippen molar-refractivity contribution in [2.75, 3.05) is 24.6 Å². The summed E-state index contributed by atoms with van der Waals surface area (Å²) in [6, 6.07) is 6.19. The third-order valence-electron chi connectivity index (χ3n) is 3.39. The number of benzene rings is 1. The van der Waals surface area contributed by atoms with E-state index in [-0.39, 0.29) is 37.9 Å². The first-order valence-corrected chi connectivity index (χ1v) is 8.25. The molecule has 0 bridgehead atoms. The molecule has 0 aromatic heterocycles. The van der Waals surface area contributed by atoms with Crippen LogP contribution in [0.5, 0.6) is 0 Å². The number of primary sulfonamides is 1. The number of nitrogens with one attached hydrogen (secondary N) is 1. The Morgan fingerprint density at radius 1 is 1.36 bits per heavy atom. The van der Waals surface area contributed by atoms with Crippen molar-refractivity contribution in [3.05, 3.63) is 29.8 Å². The fourth-order valence-corrected chi connectivity index (χ4v) is 2.94. The van der Waals surface area contributed by atoms with Crippen LogP contribution in [-0.4, -0.2) is 50.3 Å². The average molecular weight is 327 g/mol. The van der Waals surface area contributed by atoms with Crippen molar-refractivity contribution in [3.63, 3.8) is 0 Å². The van der Waals surface area contributed by atoms with Crippen LogP contribution in [0.25, 0.3) is 0 Å². The largest absolute Gasteiger partial charge is 0.395 e. The molecular weight excluding hydrogens is 310 g/mol. The highest BCUT2D eigenvalue weighted by Gasteiger charge is 2.37. The van der Waals surface area contributed by atoms with Gasteiger partial charge in [0.15, 0.2) is 0 Å². The maximum Gasteiger partial charge on any atom is 0.251 e. The minimum absolute atomic E-state index is 0.00766. The standard InChI is InChI=1S/C13H17N3O5S/c14-22(20,21)11-7-12(18)16(8-11)10-3-1-9(2-4-10)13(19)15-5-6-17/h1-4,11,17H,5-8H2,(H,15,19)(H2,14,20,21). The lowest BCUT2D eigenvalue weighted by atomic mass is 10.2. The molecule has 22 heavy (non-hydrogen) atoms. The van der Waals surface area contributed by atoms with Gasteiger partial charge in [-0.2, -0.15) is 0 Å². The third-order valence-corrected chi connectivity index (χ3v) is 4.64. The Bertz CT molecular complexity index is 671. The van der Waals surface area contributed by atoms with E-state index in [4.69, 9.17) is 10.2 Å². The first-order valence-electron chi connectivity index (χ1n) is 6.64. The number of carbonyl (C=O) groups is 2. The predicted molar refractivity (Wildman–Crippen MR) is 79.7 cm³/mol. The summed E-state index contributed by atoms with van der Waals surface area (Å²) < 4.78 is 22.7. The number of anilines is 1. The Morgan fingerprint density at radius 2 is 2.00 bits per heavy atom. The Kier molecular flexibility index (Phi) is 4.79. The van der Waals surface area contributed by atoms with Crippen LogP contribution in [0.15, 0.2) is 24.3 Å². The van der Waals surface area contributed by atoms with Crippen molar-refractivity contribution < 1.29 is 23.1 Å². The van der Waals surface area contributed by atoms with E-state index >= 15 is 0 Å². The number of hydrogen-bond acceptors (Lipinski definition) is 5. The predicted octanol–water partition coefficient (Wildman–Crippen LogP) is -1.20. The fourth-order valence-electron chi connectivity index (χ4n) is 2.21. The van der Waals surface area contributed by atoms with Crippen LogP contribution in [0.4, 0.5) is 5.69 Å². The first kappa shape index (κ1) is 16.4. The number of hydrogen-bond donors (Lipinski definition) is 3. The van der Waals surface area contributed by atoms with E-state index in [1.165, 1.54) is 17.0 Å². The minimum atomic E-state index is -3.76. The van der Waals surface area contributed by atoms with Gasteiger partial charge in [0, 0.05) is 30.8 Å². The second-order valence-corrected chi connectivity index (χ2v) is 6.79. The molecule has 120 valence electrons. The van der Waals surface area contributed by atoms with Crippen molar-refractivity contribution in [3.8, 4) is 0 Å². The maximum absolute atomic E-state index is 11.9. The molecule has 4 N–H and O–H groups in total. The van der Waals surface area contributed by atoms with E-state index in [9.17, 15) is 18.0 Å². The van der Waals surface area contributed by atoms with Crippen molar-refractivity contribution in [2.24, 2.45) is 5.14 Å². The molecule has 1 aromatic rings. The second-order valence-electron chi connectivity index (χ2n) is 4.95. The van der Waals surface area contributed by atoms with Crippen LogP contribution in [-0.2, 0) is 14.8 Å². The van der Waals surface area contributed by atoms with Gasteiger partial charge < -0.3 is 15.3 Å². The fraction of sp³-hybridized carbons (Fsp3) is 0.385. The summed E-state index contributed by atoms with van der Waals surface area (Å²) >= 11 is 0. The maximum atomic E-state index is 11.9. The summed E-state index contributed by atoms with van der Waals surface area (Å²) in [5.41, 5.74) is 0.890. The molecule has 0 spiro atoms. The number of carbonyl (C=O) groups excluding carboxylic acids is 2. The Hall–Kier alpha value is -1.97. The summed E-state index contributed by atoms with van der Waals surface area (Å²) in [6.45, 7) is 0.00993.